The highest BCUT2D eigenvalue weighted by Crippen LogP contribution is 2.37. The van der Waals surface area contributed by atoms with Gasteiger partial charge in [0.2, 0.25) is 0 Å². The molecule has 0 saturated carbocycles. The molecule has 26 heavy (non-hydrogen) atoms. The number of hydrogen-bond donors (Lipinski definition) is 0. The Morgan fingerprint density at radius 3 is 2.73 bits per heavy atom. The minimum Gasteiger partial charge on any atom is -0.497 e. The van der Waals surface area contributed by atoms with Crippen LogP contribution in [0.15, 0.2) is 65.1 Å². The number of rotatable bonds is 3. The van der Waals surface area contributed by atoms with E-state index in [1.165, 1.54) is 11.8 Å². The molecule has 130 valence electrons. The third kappa shape index (κ3) is 3.13. The molecule has 2 aromatic rings. The summed E-state index contributed by atoms with van der Waals surface area (Å²) in [5.41, 5.74) is 2.69. The molecule has 0 spiro atoms. The van der Waals surface area contributed by atoms with Gasteiger partial charge in [0.05, 0.1) is 17.7 Å². The van der Waals surface area contributed by atoms with Crippen LogP contribution in [0.1, 0.15) is 5.56 Å². The second-order valence-corrected chi connectivity index (χ2v) is 7.44. The fourth-order valence-electron chi connectivity index (χ4n) is 2.81. The zero-order valence-corrected chi connectivity index (χ0v) is 15.6. The van der Waals surface area contributed by atoms with E-state index in [0.29, 0.717) is 15.8 Å². The van der Waals surface area contributed by atoms with Crippen LogP contribution < -0.4 is 14.4 Å². The SMILES string of the molecule is COc1ccc(N2C(=O)/C(=C\C3=Cc4ccccc4OC3)SC2=S)cc1. The molecule has 1 saturated heterocycles. The Bertz CT molecular complexity index is 948. The van der Waals surface area contributed by atoms with Crippen LogP contribution in [0.5, 0.6) is 11.5 Å². The van der Waals surface area contributed by atoms with Crippen molar-refractivity contribution < 1.29 is 14.3 Å². The van der Waals surface area contributed by atoms with Gasteiger partial charge in [-0.05, 0) is 48.1 Å². The van der Waals surface area contributed by atoms with Gasteiger partial charge in [0.25, 0.3) is 5.91 Å². The summed E-state index contributed by atoms with van der Waals surface area (Å²) in [6, 6.07) is 15.1. The van der Waals surface area contributed by atoms with Crippen molar-refractivity contribution >= 4 is 46.0 Å². The maximum absolute atomic E-state index is 12.8. The van der Waals surface area contributed by atoms with Crippen molar-refractivity contribution in [2.75, 3.05) is 18.6 Å². The normalized spacial score (nSPS) is 17.8. The zero-order valence-electron chi connectivity index (χ0n) is 14.0. The molecular weight excluding hydrogens is 366 g/mol. The molecule has 1 amide bonds. The van der Waals surface area contributed by atoms with Gasteiger partial charge in [-0.3, -0.25) is 9.69 Å². The average Bonchev–Trinajstić information content (AvgIpc) is 2.95. The quantitative estimate of drug-likeness (QED) is 0.581. The summed E-state index contributed by atoms with van der Waals surface area (Å²) in [5.74, 6) is 1.47. The number of nitrogens with zero attached hydrogens (tertiary/aromatic N) is 1. The number of thioether (sulfide) groups is 1. The summed E-state index contributed by atoms with van der Waals surface area (Å²) < 4.78 is 11.4. The van der Waals surface area contributed by atoms with Crippen LogP contribution in [0, 0.1) is 0 Å². The summed E-state index contributed by atoms with van der Waals surface area (Å²) >= 11 is 6.72. The highest BCUT2D eigenvalue weighted by molar-refractivity contribution is 8.27. The number of anilines is 1. The van der Waals surface area contributed by atoms with E-state index in [1.807, 2.05) is 60.7 Å². The molecule has 2 aromatic carbocycles. The van der Waals surface area contributed by atoms with E-state index in [2.05, 4.69) is 0 Å². The molecule has 0 N–H and O–H groups in total. The molecule has 6 heteroatoms. The summed E-state index contributed by atoms with van der Waals surface area (Å²) in [4.78, 5) is 15.0. The van der Waals surface area contributed by atoms with Crippen molar-refractivity contribution in [2.24, 2.45) is 0 Å². The largest absolute Gasteiger partial charge is 0.497 e. The number of carbonyl (C=O) groups is 1. The van der Waals surface area contributed by atoms with Crippen LogP contribution >= 0.6 is 24.0 Å². The van der Waals surface area contributed by atoms with Crippen molar-refractivity contribution in [1.29, 1.82) is 0 Å². The standard InChI is InChI=1S/C20H15NO3S2/c1-23-16-8-6-15(7-9-16)21-19(22)18(26-20(21)25)11-13-10-14-4-2-3-5-17(14)24-12-13/h2-11H,12H2,1H3/b18-11+. The molecule has 0 radical (unpaired) electrons. The fourth-order valence-corrected chi connectivity index (χ4v) is 4.12. The number of methoxy groups -OCH3 is 1. The van der Waals surface area contributed by atoms with Crippen molar-refractivity contribution in [3.8, 4) is 11.5 Å². The Hall–Kier alpha value is -2.57. The fraction of sp³-hybridized carbons (Fsp3) is 0.100. The van der Waals surface area contributed by atoms with E-state index in [1.54, 1.807) is 12.0 Å². The second-order valence-electron chi connectivity index (χ2n) is 5.76. The summed E-state index contributed by atoms with van der Waals surface area (Å²) in [6.07, 6.45) is 3.90. The van der Waals surface area contributed by atoms with Crippen molar-refractivity contribution in [2.45, 2.75) is 0 Å². The lowest BCUT2D eigenvalue weighted by Crippen LogP contribution is -2.27. The van der Waals surface area contributed by atoms with E-state index in [0.717, 1.165) is 28.3 Å². The minimum atomic E-state index is -0.120. The zero-order chi connectivity index (χ0) is 18.1. The molecule has 0 bridgehead atoms. The predicted octanol–water partition coefficient (Wildman–Crippen LogP) is 4.42. The van der Waals surface area contributed by atoms with Crippen LogP contribution in [-0.4, -0.2) is 23.9 Å². The average molecular weight is 381 g/mol. The first kappa shape index (κ1) is 16.9. The van der Waals surface area contributed by atoms with Gasteiger partial charge >= 0.3 is 0 Å². The molecule has 2 aliphatic rings. The maximum Gasteiger partial charge on any atom is 0.270 e. The van der Waals surface area contributed by atoms with Crippen LogP contribution in [-0.2, 0) is 4.79 Å². The smallest absolute Gasteiger partial charge is 0.270 e. The summed E-state index contributed by atoms with van der Waals surface area (Å²) in [6.45, 7) is 0.434. The van der Waals surface area contributed by atoms with E-state index in [-0.39, 0.29) is 5.91 Å². The van der Waals surface area contributed by atoms with Gasteiger partial charge in [0.1, 0.15) is 18.1 Å². The molecular formula is C20H15NO3S2. The number of hydrogen-bond acceptors (Lipinski definition) is 5. The second kappa shape index (κ2) is 6.97. The van der Waals surface area contributed by atoms with Crippen molar-refractivity contribution in [3.63, 3.8) is 0 Å². The van der Waals surface area contributed by atoms with E-state index < -0.39 is 0 Å². The Labute approximate surface area is 161 Å². The van der Waals surface area contributed by atoms with Gasteiger partial charge in [-0.15, -0.1) is 0 Å². The number of para-hydroxylation sites is 1. The van der Waals surface area contributed by atoms with Gasteiger partial charge in [0, 0.05) is 5.56 Å². The molecule has 0 unspecified atom stereocenters. The predicted molar refractivity (Wildman–Crippen MR) is 109 cm³/mol. The van der Waals surface area contributed by atoms with Crippen molar-refractivity contribution in [1.82, 2.24) is 0 Å². The first-order valence-electron chi connectivity index (χ1n) is 8.00. The Balaban J connectivity index is 1.61. The van der Waals surface area contributed by atoms with Gasteiger partial charge in [-0.25, -0.2) is 0 Å². The van der Waals surface area contributed by atoms with Crippen LogP contribution in [0.2, 0.25) is 0 Å². The summed E-state index contributed by atoms with van der Waals surface area (Å²) in [7, 11) is 1.61. The molecule has 2 heterocycles. The molecule has 0 atom stereocenters. The third-order valence-corrected chi connectivity index (χ3v) is 5.40. The Morgan fingerprint density at radius 1 is 1.19 bits per heavy atom. The highest BCUT2D eigenvalue weighted by atomic mass is 32.2. The molecule has 1 fully saturated rings. The topological polar surface area (TPSA) is 38.8 Å². The van der Waals surface area contributed by atoms with Crippen LogP contribution in [0.25, 0.3) is 6.08 Å². The van der Waals surface area contributed by atoms with Crippen LogP contribution in [0.3, 0.4) is 0 Å². The van der Waals surface area contributed by atoms with Gasteiger partial charge in [-0.1, -0.05) is 42.2 Å². The van der Waals surface area contributed by atoms with Gasteiger partial charge in [-0.2, -0.15) is 0 Å². The number of benzene rings is 2. The van der Waals surface area contributed by atoms with E-state index >= 15 is 0 Å². The Kier molecular flexibility index (Phi) is 4.53. The first-order chi connectivity index (χ1) is 12.7. The van der Waals surface area contributed by atoms with Gasteiger partial charge in [0.15, 0.2) is 4.32 Å². The van der Waals surface area contributed by atoms with E-state index in [9.17, 15) is 4.79 Å². The number of ether oxygens (including phenoxy) is 2. The first-order valence-corrected chi connectivity index (χ1v) is 9.22. The minimum absolute atomic E-state index is 0.120. The van der Waals surface area contributed by atoms with Gasteiger partial charge < -0.3 is 9.47 Å². The maximum atomic E-state index is 12.8. The third-order valence-electron chi connectivity index (χ3n) is 4.10. The lowest BCUT2D eigenvalue weighted by Gasteiger charge is -2.16. The Morgan fingerprint density at radius 2 is 1.96 bits per heavy atom. The number of thiocarbonyl (C=S) groups is 1. The van der Waals surface area contributed by atoms with Crippen LogP contribution in [0.4, 0.5) is 5.69 Å². The molecule has 0 aliphatic carbocycles. The number of carbonyl (C=O) groups excluding carboxylic acids is 1. The monoisotopic (exact) mass is 381 g/mol. The number of fused-ring (bicyclic) bond motifs is 1. The lowest BCUT2D eigenvalue weighted by molar-refractivity contribution is -0.113. The lowest BCUT2D eigenvalue weighted by atomic mass is 10.1. The molecule has 4 nitrogen and oxygen atoms in total. The molecule has 0 aromatic heterocycles. The van der Waals surface area contributed by atoms with Crippen molar-refractivity contribution in [3.05, 3.63) is 70.6 Å². The summed E-state index contributed by atoms with van der Waals surface area (Å²) in [5, 5.41) is 0. The molecule has 2 aliphatic heterocycles. The van der Waals surface area contributed by atoms with E-state index in [4.69, 9.17) is 21.7 Å². The highest BCUT2D eigenvalue weighted by Gasteiger charge is 2.33. The number of amides is 1. The molecule has 4 rings (SSSR count).